The molecule has 0 atom stereocenters. The number of hydrogen-bond acceptors (Lipinski definition) is 5. The maximum atomic E-state index is 12.4. The van der Waals surface area contributed by atoms with Crippen LogP contribution < -0.4 is 19.5 Å². The van der Waals surface area contributed by atoms with Crippen molar-refractivity contribution < 1.29 is 17.9 Å². The van der Waals surface area contributed by atoms with Gasteiger partial charge < -0.3 is 14.8 Å². The monoisotopic (exact) mass is 312 g/mol. The van der Waals surface area contributed by atoms with Gasteiger partial charge in [0.25, 0.3) is 0 Å². The van der Waals surface area contributed by atoms with Gasteiger partial charge in [0.2, 0.25) is 10.0 Å². The molecule has 0 amide bonds. The highest BCUT2D eigenvalue weighted by molar-refractivity contribution is 7.89. The van der Waals surface area contributed by atoms with Crippen molar-refractivity contribution in [3.8, 4) is 11.5 Å². The number of sulfonamides is 1. The molecule has 0 unspecified atom stereocenters. The van der Waals surface area contributed by atoms with Gasteiger partial charge in [0.1, 0.15) is 0 Å². The molecule has 1 saturated heterocycles. The SMILES string of the molecule is O=S(=O)(NC1CCNCC1)c1ccc2c(c1)OCCCO2. The molecule has 6 nitrogen and oxygen atoms in total. The first-order chi connectivity index (χ1) is 10.1. The van der Waals surface area contributed by atoms with Crippen molar-refractivity contribution in [2.24, 2.45) is 0 Å². The molecule has 3 rings (SSSR count). The Morgan fingerprint density at radius 1 is 1.10 bits per heavy atom. The minimum atomic E-state index is -3.52. The Bertz CT molecular complexity index is 597. The van der Waals surface area contributed by atoms with Crippen LogP contribution in [0.25, 0.3) is 0 Å². The highest BCUT2D eigenvalue weighted by Gasteiger charge is 2.23. The summed E-state index contributed by atoms with van der Waals surface area (Å²) >= 11 is 0. The van der Waals surface area contributed by atoms with Crippen molar-refractivity contribution in [1.29, 1.82) is 0 Å². The van der Waals surface area contributed by atoms with Gasteiger partial charge in [-0.2, -0.15) is 0 Å². The zero-order chi connectivity index (χ0) is 14.7. The standard InChI is InChI=1S/C14H20N2O4S/c17-21(18,16-11-4-6-15-7-5-11)12-2-3-13-14(10-12)20-9-1-8-19-13/h2-3,10-11,15-16H,1,4-9H2. The molecule has 21 heavy (non-hydrogen) atoms. The molecule has 0 bridgehead atoms. The van der Waals surface area contributed by atoms with E-state index >= 15 is 0 Å². The van der Waals surface area contributed by atoms with Crippen LogP contribution in [0.5, 0.6) is 11.5 Å². The van der Waals surface area contributed by atoms with Gasteiger partial charge >= 0.3 is 0 Å². The average molecular weight is 312 g/mol. The minimum absolute atomic E-state index is 0.00720. The zero-order valence-corrected chi connectivity index (χ0v) is 12.6. The summed E-state index contributed by atoms with van der Waals surface area (Å²) in [4.78, 5) is 0.227. The van der Waals surface area contributed by atoms with Crippen LogP contribution in [0, 0.1) is 0 Å². The smallest absolute Gasteiger partial charge is 0.240 e. The molecule has 2 N–H and O–H groups in total. The van der Waals surface area contributed by atoms with Crippen LogP contribution in [-0.2, 0) is 10.0 Å². The zero-order valence-electron chi connectivity index (χ0n) is 11.8. The summed E-state index contributed by atoms with van der Waals surface area (Å²) in [5.41, 5.74) is 0. The van der Waals surface area contributed by atoms with Gasteiger partial charge in [0.15, 0.2) is 11.5 Å². The van der Waals surface area contributed by atoms with E-state index in [9.17, 15) is 8.42 Å². The fraction of sp³-hybridized carbons (Fsp3) is 0.571. The predicted octanol–water partition coefficient (Wildman–Crippen LogP) is 0.878. The van der Waals surface area contributed by atoms with E-state index in [0.29, 0.717) is 24.7 Å². The molecule has 7 heteroatoms. The van der Waals surface area contributed by atoms with Crippen LogP contribution in [0.3, 0.4) is 0 Å². The molecule has 2 aliphatic heterocycles. The lowest BCUT2D eigenvalue weighted by Gasteiger charge is -2.23. The van der Waals surface area contributed by atoms with Gasteiger partial charge in [-0.3, -0.25) is 0 Å². The van der Waals surface area contributed by atoms with Crippen LogP contribution in [0.2, 0.25) is 0 Å². The van der Waals surface area contributed by atoms with Crippen molar-refractivity contribution in [1.82, 2.24) is 10.0 Å². The quantitative estimate of drug-likeness (QED) is 0.866. The molecule has 2 aliphatic rings. The summed E-state index contributed by atoms with van der Waals surface area (Å²) in [5.74, 6) is 1.11. The van der Waals surface area contributed by atoms with E-state index in [1.54, 1.807) is 18.2 Å². The number of fused-ring (bicyclic) bond motifs is 1. The molecule has 2 heterocycles. The molecule has 0 saturated carbocycles. The van der Waals surface area contributed by atoms with Crippen molar-refractivity contribution >= 4 is 10.0 Å². The molecular weight excluding hydrogens is 292 g/mol. The molecule has 1 fully saturated rings. The molecule has 116 valence electrons. The number of rotatable bonds is 3. The van der Waals surface area contributed by atoms with Crippen molar-refractivity contribution in [3.63, 3.8) is 0 Å². The topological polar surface area (TPSA) is 76.7 Å². The number of nitrogens with one attached hydrogen (secondary N) is 2. The first kappa shape index (κ1) is 14.6. The van der Waals surface area contributed by atoms with Crippen molar-refractivity contribution in [2.75, 3.05) is 26.3 Å². The lowest BCUT2D eigenvalue weighted by Crippen LogP contribution is -2.42. The lowest BCUT2D eigenvalue weighted by atomic mass is 10.1. The molecule has 0 aliphatic carbocycles. The first-order valence-corrected chi connectivity index (χ1v) is 8.76. The van der Waals surface area contributed by atoms with Gasteiger partial charge in [-0.05, 0) is 38.1 Å². The third-order valence-electron chi connectivity index (χ3n) is 3.69. The van der Waals surface area contributed by atoms with Crippen LogP contribution in [-0.4, -0.2) is 40.8 Å². The second-order valence-corrected chi connectivity index (χ2v) is 7.02. The molecule has 1 aromatic rings. The van der Waals surface area contributed by atoms with Gasteiger partial charge in [0, 0.05) is 18.5 Å². The number of ether oxygens (including phenoxy) is 2. The number of benzene rings is 1. The highest BCUT2D eigenvalue weighted by atomic mass is 32.2. The van der Waals surface area contributed by atoms with Crippen LogP contribution >= 0.6 is 0 Å². The Kier molecular flexibility index (Phi) is 4.32. The van der Waals surface area contributed by atoms with Crippen LogP contribution in [0.1, 0.15) is 19.3 Å². The number of piperidine rings is 1. The van der Waals surface area contributed by atoms with E-state index in [0.717, 1.165) is 32.4 Å². The number of hydrogen-bond donors (Lipinski definition) is 2. The minimum Gasteiger partial charge on any atom is -0.490 e. The van der Waals surface area contributed by atoms with Crippen molar-refractivity contribution in [3.05, 3.63) is 18.2 Å². The summed E-state index contributed by atoms with van der Waals surface area (Å²) in [6.07, 6.45) is 2.41. The van der Waals surface area contributed by atoms with Crippen LogP contribution in [0.4, 0.5) is 0 Å². The Morgan fingerprint density at radius 3 is 2.57 bits per heavy atom. The Labute approximate surface area is 124 Å². The average Bonchev–Trinajstić information content (AvgIpc) is 2.72. The van der Waals surface area contributed by atoms with E-state index in [1.165, 1.54) is 0 Å². The summed E-state index contributed by atoms with van der Waals surface area (Å²) in [6.45, 7) is 2.81. The summed E-state index contributed by atoms with van der Waals surface area (Å²) < 4.78 is 38.7. The van der Waals surface area contributed by atoms with Gasteiger partial charge in [-0.15, -0.1) is 0 Å². The fourth-order valence-corrected chi connectivity index (χ4v) is 3.86. The highest BCUT2D eigenvalue weighted by Crippen LogP contribution is 2.32. The molecule has 0 aromatic heterocycles. The van der Waals surface area contributed by atoms with E-state index in [2.05, 4.69) is 10.0 Å². The summed E-state index contributed by atoms with van der Waals surface area (Å²) in [6, 6.07) is 4.77. The van der Waals surface area contributed by atoms with E-state index in [4.69, 9.17) is 9.47 Å². The van der Waals surface area contributed by atoms with Crippen LogP contribution in [0.15, 0.2) is 23.1 Å². The predicted molar refractivity (Wildman–Crippen MR) is 78.3 cm³/mol. The fourth-order valence-electron chi connectivity index (χ4n) is 2.54. The van der Waals surface area contributed by atoms with E-state index in [-0.39, 0.29) is 10.9 Å². The molecule has 0 radical (unpaired) electrons. The molecule has 0 spiro atoms. The second kappa shape index (κ2) is 6.21. The Hall–Kier alpha value is -1.31. The maximum Gasteiger partial charge on any atom is 0.240 e. The van der Waals surface area contributed by atoms with Gasteiger partial charge in [-0.25, -0.2) is 13.1 Å². The Balaban J connectivity index is 1.80. The largest absolute Gasteiger partial charge is 0.490 e. The second-order valence-electron chi connectivity index (χ2n) is 5.30. The first-order valence-electron chi connectivity index (χ1n) is 7.28. The third-order valence-corrected chi connectivity index (χ3v) is 5.21. The van der Waals surface area contributed by atoms with Gasteiger partial charge in [0.05, 0.1) is 18.1 Å². The summed E-state index contributed by atoms with van der Waals surface area (Å²) in [5, 5.41) is 3.22. The lowest BCUT2D eigenvalue weighted by molar-refractivity contribution is 0.297. The molecule has 1 aromatic carbocycles. The van der Waals surface area contributed by atoms with E-state index in [1.807, 2.05) is 0 Å². The molecular formula is C14H20N2O4S. The van der Waals surface area contributed by atoms with Crippen molar-refractivity contribution in [2.45, 2.75) is 30.2 Å². The van der Waals surface area contributed by atoms with Gasteiger partial charge in [-0.1, -0.05) is 0 Å². The Morgan fingerprint density at radius 2 is 1.81 bits per heavy atom. The summed E-state index contributed by atoms with van der Waals surface area (Å²) in [7, 11) is -3.52. The van der Waals surface area contributed by atoms with E-state index < -0.39 is 10.0 Å². The maximum absolute atomic E-state index is 12.4. The third kappa shape index (κ3) is 3.48. The normalized spacial score (nSPS) is 20.0.